The second-order valence-electron chi connectivity index (χ2n) is 4.55. The van der Waals surface area contributed by atoms with E-state index in [1.54, 1.807) is 6.20 Å². The molecular weight excluding hydrogens is 264 g/mol. The summed E-state index contributed by atoms with van der Waals surface area (Å²) in [6.07, 6.45) is 1.65. The Morgan fingerprint density at radius 2 is 1.57 bits per heavy atom. The Bertz CT molecular complexity index is 749. The molecule has 0 aliphatic carbocycles. The van der Waals surface area contributed by atoms with Crippen LogP contribution in [0.4, 0.5) is 0 Å². The quantitative estimate of drug-likeness (QED) is 0.766. The first-order valence-corrected chi connectivity index (χ1v) is 6.55. The van der Waals surface area contributed by atoms with Crippen LogP contribution >= 0.6 is 0 Å². The maximum atomic E-state index is 11.8. The van der Waals surface area contributed by atoms with Gasteiger partial charge in [-0.25, -0.2) is 0 Å². The highest BCUT2D eigenvalue weighted by molar-refractivity contribution is 6.02. The molecule has 0 atom stereocenters. The molecule has 0 aliphatic rings. The maximum Gasteiger partial charge on any atom is 0.254 e. The number of para-hydroxylation sites is 1. The number of primary amides is 1. The standard InChI is InChI=1S/C17H14N2O2/c18-17(20)15-14(21-13-9-5-2-6-10-13)11-19-16(15)12-7-3-1-4-8-12/h1-11,19H,(H2,18,20). The molecule has 0 unspecified atom stereocenters. The van der Waals surface area contributed by atoms with E-state index in [0.29, 0.717) is 22.8 Å². The number of carbonyl (C=O) groups excluding carboxylic acids is 1. The molecule has 0 fully saturated rings. The summed E-state index contributed by atoms with van der Waals surface area (Å²) in [5.74, 6) is 0.548. The predicted molar refractivity (Wildman–Crippen MR) is 81.3 cm³/mol. The topological polar surface area (TPSA) is 68.1 Å². The van der Waals surface area contributed by atoms with Gasteiger partial charge in [-0.2, -0.15) is 0 Å². The molecule has 0 spiro atoms. The number of nitrogens with two attached hydrogens (primary N) is 1. The second kappa shape index (κ2) is 5.54. The minimum Gasteiger partial charge on any atom is -0.455 e. The van der Waals surface area contributed by atoms with E-state index in [1.165, 1.54) is 0 Å². The molecule has 3 aromatic rings. The van der Waals surface area contributed by atoms with Crippen molar-refractivity contribution in [1.29, 1.82) is 0 Å². The number of aromatic amines is 1. The molecular formula is C17H14N2O2. The van der Waals surface area contributed by atoms with E-state index in [9.17, 15) is 4.79 Å². The summed E-state index contributed by atoms with van der Waals surface area (Å²) in [5.41, 5.74) is 7.41. The molecule has 104 valence electrons. The number of benzene rings is 2. The van der Waals surface area contributed by atoms with E-state index in [4.69, 9.17) is 10.5 Å². The van der Waals surface area contributed by atoms with Crippen LogP contribution in [0, 0.1) is 0 Å². The first-order chi connectivity index (χ1) is 10.3. The van der Waals surface area contributed by atoms with Gasteiger partial charge in [-0.15, -0.1) is 0 Å². The Hall–Kier alpha value is -3.01. The number of nitrogens with one attached hydrogen (secondary N) is 1. The lowest BCUT2D eigenvalue weighted by Gasteiger charge is -2.06. The van der Waals surface area contributed by atoms with Gasteiger partial charge in [0.25, 0.3) is 5.91 Å². The van der Waals surface area contributed by atoms with Crippen LogP contribution in [0.3, 0.4) is 0 Å². The van der Waals surface area contributed by atoms with Gasteiger partial charge in [0, 0.05) is 6.20 Å². The van der Waals surface area contributed by atoms with Crippen molar-refractivity contribution in [3.8, 4) is 22.8 Å². The van der Waals surface area contributed by atoms with E-state index in [-0.39, 0.29) is 0 Å². The van der Waals surface area contributed by atoms with Gasteiger partial charge in [0.2, 0.25) is 0 Å². The molecule has 0 saturated heterocycles. The van der Waals surface area contributed by atoms with Crippen molar-refractivity contribution in [1.82, 2.24) is 4.98 Å². The highest BCUT2D eigenvalue weighted by Crippen LogP contribution is 2.32. The maximum absolute atomic E-state index is 11.8. The number of amides is 1. The van der Waals surface area contributed by atoms with Gasteiger partial charge in [-0.3, -0.25) is 4.79 Å². The Balaban J connectivity index is 2.03. The number of H-pyrrole nitrogens is 1. The van der Waals surface area contributed by atoms with Gasteiger partial charge in [0.15, 0.2) is 5.75 Å². The van der Waals surface area contributed by atoms with Gasteiger partial charge >= 0.3 is 0 Å². The smallest absolute Gasteiger partial charge is 0.254 e. The number of rotatable bonds is 4. The van der Waals surface area contributed by atoms with E-state index < -0.39 is 5.91 Å². The predicted octanol–water partition coefficient (Wildman–Crippen LogP) is 3.57. The molecule has 21 heavy (non-hydrogen) atoms. The van der Waals surface area contributed by atoms with Crippen LogP contribution in [0.15, 0.2) is 66.9 Å². The summed E-state index contributed by atoms with van der Waals surface area (Å²) >= 11 is 0. The molecule has 0 radical (unpaired) electrons. The zero-order valence-electron chi connectivity index (χ0n) is 11.2. The van der Waals surface area contributed by atoms with E-state index in [2.05, 4.69) is 4.98 Å². The first kappa shape index (κ1) is 13.0. The largest absolute Gasteiger partial charge is 0.455 e. The zero-order chi connectivity index (χ0) is 14.7. The zero-order valence-corrected chi connectivity index (χ0v) is 11.2. The molecule has 1 heterocycles. The van der Waals surface area contributed by atoms with Gasteiger partial charge in [0.05, 0.1) is 5.69 Å². The van der Waals surface area contributed by atoms with Crippen LogP contribution in [0.2, 0.25) is 0 Å². The van der Waals surface area contributed by atoms with Gasteiger partial charge in [-0.1, -0.05) is 48.5 Å². The molecule has 1 aromatic heterocycles. The minimum atomic E-state index is -0.527. The van der Waals surface area contributed by atoms with E-state index in [1.807, 2.05) is 60.7 Å². The number of hydrogen-bond acceptors (Lipinski definition) is 2. The lowest BCUT2D eigenvalue weighted by molar-refractivity contribution is 0.0999. The van der Waals surface area contributed by atoms with Gasteiger partial charge < -0.3 is 15.5 Å². The lowest BCUT2D eigenvalue weighted by Crippen LogP contribution is -2.12. The summed E-state index contributed by atoms with van der Waals surface area (Å²) in [5, 5.41) is 0. The Morgan fingerprint density at radius 1 is 0.952 bits per heavy atom. The van der Waals surface area contributed by atoms with E-state index >= 15 is 0 Å². The van der Waals surface area contributed by atoms with Crippen molar-refractivity contribution in [3.05, 3.63) is 72.4 Å². The molecule has 4 nitrogen and oxygen atoms in total. The monoisotopic (exact) mass is 278 g/mol. The average molecular weight is 278 g/mol. The summed E-state index contributed by atoms with van der Waals surface area (Å²) in [4.78, 5) is 14.9. The Morgan fingerprint density at radius 3 is 2.19 bits per heavy atom. The molecule has 3 N–H and O–H groups in total. The van der Waals surface area contributed by atoms with Crippen LogP contribution < -0.4 is 10.5 Å². The molecule has 0 aliphatic heterocycles. The fourth-order valence-corrected chi connectivity index (χ4v) is 2.18. The fourth-order valence-electron chi connectivity index (χ4n) is 2.18. The first-order valence-electron chi connectivity index (χ1n) is 6.55. The van der Waals surface area contributed by atoms with Crippen molar-refractivity contribution in [2.75, 3.05) is 0 Å². The normalized spacial score (nSPS) is 10.3. The number of ether oxygens (including phenoxy) is 1. The number of aromatic nitrogens is 1. The van der Waals surface area contributed by atoms with Gasteiger partial charge in [0.1, 0.15) is 11.3 Å². The van der Waals surface area contributed by atoms with E-state index in [0.717, 1.165) is 5.56 Å². The van der Waals surface area contributed by atoms with Crippen molar-refractivity contribution in [2.24, 2.45) is 5.73 Å². The third-order valence-electron chi connectivity index (χ3n) is 3.12. The van der Waals surface area contributed by atoms with Crippen LogP contribution in [0.1, 0.15) is 10.4 Å². The highest BCUT2D eigenvalue weighted by atomic mass is 16.5. The summed E-state index contributed by atoms with van der Waals surface area (Å²) < 4.78 is 5.74. The molecule has 0 saturated carbocycles. The SMILES string of the molecule is NC(=O)c1c(Oc2ccccc2)c[nH]c1-c1ccccc1. The molecule has 1 amide bonds. The number of carbonyl (C=O) groups is 1. The molecule has 3 rings (SSSR count). The summed E-state index contributed by atoms with van der Waals surface area (Å²) in [7, 11) is 0. The van der Waals surface area contributed by atoms with Crippen LogP contribution in [-0.4, -0.2) is 10.9 Å². The third-order valence-corrected chi connectivity index (χ3v) is 3.12. The van der Waals surface area contributed by atoms with Crippen molar-refractivity contribution in [3.63, 3.8) is 0 Å². The fraction of sp³-hybridized carbons (Fsp3) is 0. The lowest BCUT2D eigenvalue weighted by atomic mass is 10.1. The summed E-state index contributed by atoms with van der Waals surface area (Å²) in [6, 6.07) is 18.8. The van der Waals surface area contributed by atoms with Crippen molar-refractivity contribution < 1.29 is 9.53 Å². The third kappa shape index (κ3) is 2.65. The minimum absolute atomic E-state index is 0.352. The van der Waals surface area contributed by atoms with Crippen LogP contribution in [0.5, 0.6) is 11.5 Å². The van der Waals surface area contributed by atoms with Crippen molar-refractivity contribution >= 4 is 5.91 Å². The second-order valence-corrected chi connectivity index (χ2v) is 4.55. The average Bonchev–Trinajstić information content (AvgIpc) is 2.93. The Labute approximate surface area is 122 Å². The van der Waals surface area contributed by atoms with Gasteiger partial charge in [-0.05, 0) is 17.7 Å². The number of hydrogen-bond donors (Lipinski definition) is 2. The van der Waals surface area contributed by atoms with Crippen LogP contribution in [0.25, 0.3) is 11.3 Å². The van der Waals surface area contributed by atoms with Crippen LogP contribution in [-0.2, 0) is 0 Å². The molecule has 4 heteroatoms. The highest BCUT2D eigenvalue weighted by Gasteiger charge is 2.19. The van der Waals surface area contributed by atoms with Crippen molar-refractivity contribution in [2.45, 2.75) is 0 Å². The Kier molecular flexibility index (Phi) is 3.43. The molecule has 2 aromatic carbocycles. The molecule has 0 bridgehead atoms. The summed E-state index contributed by atoms with van der Waals surface area (Å²) in [6.45, 7) is 0.